The molecule has 9 heteroatoms. The molecule has 2 heterocycles. The van der Waals surface area contributed by atoms with Crippen LogP contribution < -0.4 is 4.90 Å². The van der Waals surface area contributed by atoms with Crippen LogP contribution >= 0.6 is 35.3 Å². The lowest BCUT2D eigenvalue weighted by Crippen LogP contribution is -2.35. The number of carbonyl (C=O) groups excluding carboxylic acids is 1. The highest BCUT2D eigenvalue weighted by atomic mass is 35.5. The Morgan fingerprint density at radius 3 is 2.62 bits per heavy atom. The first kappa shape index (κ1) is 23.6. The number of thiazole rings is 1. The third-order valence-corrected chi connectivity index (χ3v) is 6.03. The number of fused-ring (bicyclic) bond motifs is 1. The Morgan fingerprint density at radius 2 is 1.97 bits per heavy atom. The zero-order valence-electron chi connectivity index (χ0n) is 17.3. The molecule has 1 aromatic carbocycles. The second-order valence-electron chi connectivity index (χ2n) is 7.38. The normalized spacial score (nSPS) is 11.3. The van der Waals surface area contributed by atoms with Gasteiger partial charge in [-0.2, -0.15) is 5.10 Å². The van der Waals surface area contributed by atoms with E-state index in [-0.39, 0.29) is 24.4 Å². The Bertz CT molecular complexity index is 983. The van der Waals surface area contributed by atoms with Crippen molar-refractivity contribution >= 4 is 56.6 Å². The number of benzene rings is 1. The third kappa shape index (κ3) is 5.09. The highest BCUT2D eigenvalue weighted by Crippen LogP contribution is 2.34. The first-order valence-electron chi connectivity index (χ1n) is 9.35. The van der Waals surface area contributed by atoms with E-state index < -0.39 is 0 Å². The van der Waals surface area contributed by atoms with Crippen LogP contribution in [0.1, 0.15) is 42.4 Å². The van der Waals surface area contributed by atoms with Crippen LogP contribution in [0.3, 0.4) is 0 Å². The summed E-state index contributed by atoms with van der Waals surface area (Å²) in [5, 5.41) is 5.70. The van der Waals surface area contributed by atoms with E-state index in [9.17, 15) is 4.79 Å². The fourth-order valence-electron chi connectivity index (χ4n) is 3.07. The molecule has 0 N–H and O–H groups in total. The van der Waals surface area contributed by atoms with E-state index in [2.05, 4.69) is 10.00 Å². The number of anilines is 1. The van der Waals surface area contributed by atoms with E-state index in [0.29, 0.717) is 22.4 Å². The number of hydrogen-bond acceptors (Lipinski definition) is 5. The van der Waals surface area contributed by atoms with Crippen molar-refractivity contribution in [3.63, 3.8) is 0 Å². The fraction of sp³-hybridized carbons (Fsp3) is 0.450. The maximum atomic E-state index is 13.4. The lowest BCUT2D eigenvalue weighted by Gasteiger charge is -2.22. The van der Waals surface area contributed by atoms with Gasteiger partial charge in [-0.05, 0) is 71.6 Å². The lowest BCUT2D eigenvalue weighted by molar-refractivity contribution is 0.0974. The summed E-state index contributed by atoms with van der Waals surface area (Å²) < 4.78 is 2.79. The first-order chi connectivity index (χ1) is 13.3. The minimum Gasteiger partial charge on any atom is -0.309 e. The van der Waals surface area contributed by atoms with E-state index in [1.54, 1.807) is 21.8 Å². The van der Waals surface area contributed by atoms with Crippen LogP contribution in [0.5, 0.6) is 0 Å². The first-order valence-corrected chi connectivity index (χ1v) is 10.5. The Labute approximate surface area is 186 Å². The number of hydrogen-bond donors (Lipinski definition) is 0. The molecule has 3 aromatic rings. The second kappa shape index (κ2) is 9.89. The number of halogens is 2. The molecular formula is C20H27Cl2N5OS. The summed E-state index contributed by atoms with van der Waals surface area (Å²) in [5.41, 5.74) is 2.37. The van der Waals surface area contributed by atoms with Gasteiger partial charge in [0.15, 0.2) is 5.13 Å². The molecule has 1 amide bonds. The standard InChI is InChI=1S/C20H26ClN5OS.ClH/c1-13(2)26-16(9-10-22-26)19(27)25(12-6-11-24(4)5)20-23-18-14(3)15(21)7-8-17(18)28-20;/h7-10,13H,6,11-12H2,1-5H3;1H. The molecule has 0 atom stereocenters. The average Bonchev–Trinajstić information content (AvgIpc) is 3.28. The summed E-state index contributed by atoms with van der Waals surface area (Å²) in [5.74, 6) is -0.0761. The third-order valence-electron chi connectivity index (χ3n) is 4.58. The zero-order chi connectivity index (χ0) is 20.4. The molecule has 0 aliphatic heterocycles. The van der Waals surface area contributed by atoms with Crippen molar-refractivity contribution in [2.45, 2.75) is 33.2 Å². The fourth-order valence-corrected chi connectivity index (χ4v) is 4.27. The summed E-state index contributed by atoms with van der Waals surface area (Å²) in [4.78, 5) is 22.1. The van der Waals surface area contributed by atoms with Gasteiger partial charge in [0.25, 0.3) is 5.91 Å². The molecule has 0 saturated carbocycles. The maximum absolute atomic E-state index is 13.4. The minimum atomic E-state index is -0.0761. The molecule has 29 heavy (non-hydrogen) atoms. The highest BCUT2D eigenvalue weighted by Gasteiger charge is 2.25. The molecular weight excluding hydrogens is 429 g/mol. The number of amides is 1. The molecule has 0 aliphatic rings. The van der Waals surface area contributed by atoms with Gasteiger partial charge in [-0.15, -0.1) is 12.4 Å². The van der Waals surface area contributed by atoms with Crippen molar-refractivity contribution in [3.05, 3.63) is 40.7 Å². The van der Waals surface area contributed by atoms with Gasteiger partial charge < -0.3 is 4.90 Å². The molecule has 0 spiro atoms. The van der Waals surface area contributed by atoms with Crippen LogP contribution in [0.25, 0.3) is 10.2 Å². The number of nitrogens with zero attached hydrogens (tertiary/aromatic N) is 5. The van der Waals surface area contributed by atoms with E-state index in [1.165, 1.54) is 11.3 Å². The Hall–Kier alpha value is -1.67. The topological polar surface area (TPSA) is 54.3 Å². The number of aromatic nitrogens is 3. The summed E-state index contributed by atoms with van der Waals surface area (Å²) in [7, 11) is 4.06. The summed E-state index contributed by atoms with van der Waals surface area (Å²) in [6, 6.07) is 5.73. The molecule has 0 unspecified atom stereocenters. The van der Waals surface area contributed by atoms with Gasteiger partial charge in [0.2, 0.25) is 0 Å². The summed E-state index contributed by atoms with van der Waals surface area (Å²) >= 11 is 7.78. The molecule has 0 bridgehead atoms. The quantitative estimate of drug-likeness (QED) is 0.499. The summed E-state index contributed by atoms with van der Waals surface area (Å²) in [6.07, 6.45) is 2.53. The van der Waals surface area contributed by atoms with Crippen LogP contribution in [0.2, 0.25) is 5.02 Å². The van der Waals surface area contributed by atoms with E-state index in [4.69, 9.17) is 16.6 Å². The van der Waals surface area contributed by atoms with Crippen molar-refractivity contribution < 1.29 is 4.79 Å². The van der Waals surface area contributed by atoms with Gasteiger partial charge in [0, 0.05) is 23.8 Å². The van der Waals surface area contributed by atoms with Crippen LogP contribution in [0.4, 0.5) is 5.13 Å². The van der Waals surface area contributed by atoms with Crippen molar-refractivity contribution in [3.8, 4) is 0 Å². The van der Waals surface area contributed by atoms with Crippen molar-refractivity contribution in [2.75, 3.05) is 32.1 Å². The van der Waals surface area contributed by atoms with Gasteiger partial charge in [0.05, 0.1) is 10.2 Å². The maximum Gasteiger partial charge on any atom is 0.278 e. The van der Waals surface area contributed by atoms with Gasteiger partial charge in [-0.3, -0.25) is 14.4 Å². The SMILES string of the molecule is Cc1c(Cl)ccc2sc(N(CCCN(C)C)C(=O)c3ccnn3C(C)C)nc12.Cl. The monoisotopic (exact) mass is 455 g/mol. The average molecular weight is 456 g/mol. The van der Waals surface area contributed by atoms with E-state index >= 15 is 0 Å². The Morgan fingerprint density at radius 1 is 1.24 bits per heavy atom. The smallest absolute Gasteiger partial charge is 0.278 e. The molecule has 0 radical (unpaired) electrons. The van der Waals surface area contributed by atoms with E-state index in [0.717, 1.165) is 28.7 Å². The molecule has 158 valence electrons. The number of rotatable bonds is 7. The van der Waals surface area contributed by atoms with Gasteiger partial charge in [-0.1, -0.05) is 22.9 Å². The highest BCUT2D eigenvalue weighted by molar-refractivity contribution is 7.22. The van der Waals surface area contributed by atoms with Crippen molar-refractivity contribution in [1.82, 2.24) is 19.7 Å². The lowest BCUT2D eigenvalue weighted by atomic mass is 10.2. The van der Waals surface area contributed by atoms with Crippen LogP contribution in [-0.4, -0.2) is 52.8 Å². The Balaban J connectivity index is 0.00000300. The summed E-state index contributed by atoms with van der Waals surface area (Å²) in [6.45, 7) is 7.47. The number of aryl methyl sites for hydroxylation is 1. The predicted octanol–water partition coefficient (Wildman–Crippen LogP) is 5.06. The van der Waals surface area contributed by atoms with Gasteiger partial charge in [-0.25, -0.2) is 4.98 Å². The van der Waals surface area contributed by atoms with Crippen LogP contribution in [-0.2, 0) is 0 Å². The number of carbonyl (C=O) groups is 1. The van der Waals surface area contributed by atoms with Gasteiger partial charge in [0.1, 0.15) is 5.69 Å². The Kier molecular flexibility index (Phi) is 8.05. The van der Waals surface area contributed by atoms with Crippen LogP contribution in [0, 0.1) is 6.92 Å². The van der Waals surface area contributed by atoms with Crippen molar-refractivity contribution in [2.24, 2.45) is 0 Å². The molecule has 3 rings (SSSR count). The molecule has 0 fully saturated rings. The molecule has 0 aliphatic carbocycles. The molecule has 0 saturated heterocycles. The van der Waals surface area contributed by atoms with Gasteiger partial charge >= 0.3 is 0 Å². The zero-order valence-corrected chi connectivity index (χ0v) is 19.7. The molecule has 6 nitrogen and oxygen atoms in total. The van der Waals surface area contributed by atoms with Crippen LogP contribution in [0.15, 0.2) is 24.4 Å². The largest absolute Gasteiger partial charge is 0.309 e. The predicted molar refractivity (Wildman–Crippen MR) is 124 cm³/mol. The van der Waals surface area contributed by atoms with Crippen molar-refractivity contribution in [1.29, 1.82) is 0 Å². The van der Waals surface area contributed by atoms with E-state index in [1.807, 2.05) is 47.0 Å². The molecule has 2 aromatic heterocycles. The second-order valence-corrected chi connectivity index (χ2v) is 8.80. The minimum absolute atomic E-state index is 0.